The summed E-state index contributed by atoms with van der Waals surface area (Å²) in [4.78, 5) is 21.4. The number of benzene rings is 1. The van der Waals surface area contributed by atoms with Gasteiger partial charge in [0.2, 0.25) is 5.91 Å². The Hall–Kier alpha value is -2.15. The van der Waals surface area contributed by atoms with Crippen LogP contribution in [0, 0.1) is 10.1 Å². The first-order chi connectivity index (χ1) is 9.56. The number of nitrogens with zero attached hydrogens (tertiary/aromatic N) is 1. The molecule has 0 heterocycles. The fourth-order valence-electron chi connectivity index (χ4n) is 1.82. The number of hydrogen-bond donors (Lipinski definition) is 2. The zero-order chi connectivity index (χ0) is 14.5. The Bertz CT molecular complexity index is 502. The van der Waals surface area contributed by atoms with Crippen molar-refractivity contribution >= 4 is 11.6 Å². The molecule has 1 aromatic carbocycles. The number of nitro groups is 1. The van der Waals surface area contributed by atoms with E-state index >= 15 is 0 Å². The molecule has 0 spiro atoms. The van der Waals surface area contributed by atoms with Crippen molar-refractivity contribution in [2.45, 2.75) is 31.3 Å². The van der Waals surface area contributed by atoms with E-state index < -0.39 is 16.9 Å². The van der Waals surface area contributed by atoms with E-state index in [9.17, 15) is 14.9 Å². The van der Waals surface area contributed by atoms with Gasteiger partial charge in [-0.25, -0.2) is 0 Å². The number of nitrogens with two attached hydrogens (primary N) is 1. The lowest BCUT2D eigenvalue weighted by Gasteiger charge is -2.15. The lowest BCUT2D eigenvalue weighted by molar-refractivity contribution is -0.384. The van der Waals surface area contributed by atoms with Gasteiger partial charge in [0.1, 0.15) is 5.75 Å². The van der Waals surface area contributed by atoms with Crippen LogP contribution in [0.1, 0.15) is 19.3 Å². The molecule has 0 aliphatic heterocycles. The molecule has 20 heavy (non-hydrogen) atoms. The second kappa shape index (κ2) is 6.33. The Morgan fingerprint density at radius 3 is 2.90 bits per heavy atom. The third-order valence-electron chi connectivity index (χ3n) is 3.06. The van der Waals surface area contributed by atoms with Crippen molar-refractivity contribution < 1.29 is 14.5 Å². The third kappa shape index (κ3) is 4.20. The minimum absolute atomic E-state index is 0.0231. The van der Waals surface area contributed by atoms with Crippen LogP contribution < -0.4 is 15.8 Å². The van der Waals surface area contributed by atoms with Gasteiger partial charge in [-0.15, -0.1) is 0 Å². The SMILES string of the molecule is NC(=O)C(CCOc1cccc([N+](=O)[O-])c1)NC1CC1. The average Bonchev–Trinajstić information content (AvgIpc) is 3.21. The number of carbonyl (C=O) groups is 1. The second-order valence-corrected chi connectivity index (χ2v) is 4.79. The first kappa shape index (κ1) is 14.3. The van der Waals surface area contributed by atoms with E-state index in [0.29, 0.717) is 18.2 Å². The van der Waals surface area contributed by atoms with E-state index in [4.69, 9.17) is 10.5 Å². The number of hydrogen-bond acceptors (Lipinski definition) is 5. The molecule has 1 aliphatic rings. The summed E-state index contributed by atoms with van der Waals surface area (Å²) in [5.74, 6) is 0.00776. The second-order valence-electron chi connectivity index (χ2n) is 4.79. The van der Waals surface area contributed by atoms with Crippen LogP contribution >= 0.6 is 0 Å². The van der Waals surface area contributed by atoms with Crippen molar-refractivity contribution in [3.63, 3.8) is 0 Å². The number of nitrogens with one attached hydrogen (secondary N) is 1. The molecule has 1 aliphatic carbocycles. The van der Waals surface area contributed by atoms with Crippen molar-refractivity contribution in [1.82, 2.24) is 5.32 Å². The Labute approximate surface area is 116 Å². The summed E-state index contributed by atoms with van der Waals surface area (Å²) in [7, 11) is 0. The molecule has 1 saturated carbocycles. The fraction of sp³-hybridized carbons (Fsp3) is 0.462. The predicted octanol–water partition coefficient (Wildman–Crippen LogP) is 0.970. The first-order valence-corrected chi connectivity index (χ1v) is 6.49. The van der Waals surface area contributed by atoms with Crippen molar-refractivity contribution in [2.24, 2.45) is 5.73 Å². The van der Waals surface area contributed by atoms with Gasteiger partial charge in [-0.3, -0.25) is 14.9 Å². The van der Waals surface area contributed by atoms with Crippen molar-refractivity contribution in [3.05, 3.63) is 34.4 Å². The maximum absolute atomic E-state index is 11.3. The number of rotatable bonds is 8. The maximum atomic E-state index is 11.3. The summed E-state index contributed by atoms with van der Waals surface area (Å²) in [6.07, 6.45) is 2.57. The van der Waals surface area contributed by atoms with E-state index in [1.807, 2.05) is 0 Å². The molecule has 1 atom stereocenters. The van der Waals surface area contributed by atoms with Crippen LogP contribution in [-0.2, 0) is 4.79 Å². The molecular formula is C13H17N3O4. The molecule has 0 radical (unpaired) electrons. The van der Waals surface area contributed by atoms with Crippen molar-refractivity contribution in [2.75, 3.05) is 6.61 Å². The molecule has 1 unspecified atom stereocenters. The van der Waals surface area contributed by atoms with Gasteiger partial charge in [-0.2, -0.15) is 0 Å². The van der Waals surface area contributed by atoms with E-state index in [0.717, 1.165) is 12.8 Å². The molecule has 1 fully saturated rings. The fourth-order valence-corrected chi connectivity index (χ4v) is 1.82. The van der Waals surface area contributed by atoms with Crippen LogP contribution in [0.2, 0.25) is 0 Å². The minimum Gasteiger partial charge on any atom is -0.493 e. The summed E-state index contributed by atoms with van der Waals surface area (Å²) in [5.41, 5.74) is 5.29. The monoisotopic (exact) mass is 279 g/mol. The molecule has 7 heteroatoms. The molecule has 1 aromatic rings. The van der Waals surface area contributed by atoms with Gasteiger partial charge >= 0.3 is 0 Å². The molecule has 0 saturated heterocycles. The lowest BCUT2D eigenvalue weighted by Crippen LogP contribution is -2.43. The molecule has 3 N–H and O–H groups in total. The van der Waals surface area contributed by atoms with Gasteiger partial charge < -0.3 is 15.8 Å². The van der Waals surface area contributed by atoms with Crippen molar-refractivity contribution in [3.8, 4) is 5.75 Å². The van der Waals surface area contributed by atoms with Gasteiger partial charge in [0.05, 0.1) is 23.6 Å². The lowest BCUT2D eigenvalue weighted by atomic mass is 10.2. The van der Waals surface area contributed by atoms with E-state index in [-0.39, 0.29) is 12.3 Å². The van der Waals surface area contributed by atoms with Crippen LogP contribution in [0.5, 0.6) is 5.75 Å². The summed E-state index contributed by atoms with van der Waals surface area (Å²) in [6.45, 7) is 0.272. The number of non-ortho nitro benzene ring substituents is 1. The highest BCUT2D eigenvalue weighted by Gasteiger charge is 2.27. The molecule has 7 nitrogen and oxygen atoms in total. The summed E-state index contributed by atoms with van der Waals surface area (Å²) in [6, 6.07) is 5.91. The Morgan fingerprint density at radius 1 is 1.55 bits per heavy atom. The topological polar surface area (TPSA) is 107 Å². The molecule has 2 rings (SSSR count). The highest BCUT2D eigenvalue weighted by molar-refractivity contribution is 5.79. The molecule has 0 bridgehead atoms. The van der Waals surface area contributed by atoms with Crippen molar-refractivity contribution in [1.29, 1.82) is 0 Å². The van der Waals surface area contributed by atoms with E-state index in [1.165, 1.54) is 12.1 Å². The standard InChI is InChI=1S/C13H17N3O4/c14-13(17)12(15-9-4-5-9)6-7-20-11-3-1-2-10(8-11)16(18)19/h1-3,8-9,12,15H,4-7H2,(H2,14,17). The van der Waals surface area contributed by atoms with Crippen LogP contribution in [0.4, 0.5) is 5.69 Å². The smallest absolute Gasteiger partial charge is 0.273 e. The van der Waals surface area contributed by atoms with Gasteiger partial charge in [0.25, 0.3) is 5.69 Å². The highest BCUT2D eigenvalue weighted by atomic mass is 16.6. The average molecular weight is 279 g/mol. The zero-order valence-electron chi connectivity index (χ0n) is 11.0. The molecular weight excluding hydrogens is 262 g/mol. The van der Waals surface area contributed by atoms with Crippen LogP contribution in [0.25, 0.3) is 0 Å². The van der Waals surface area contributed by atoms with Crippen LogP contribution in [-0.4, -0.2) is 29.5 Å². The normalized spacial score (nSPS) is 15.6. The van der Waals surface area contributed by atoms with Gasteiger partial charge in [0, 0.05) is 18.5 Å². The largest absolute Gasteiger partial charge is 0.493 e. The number of ether oxygens (including phenoxy) is 1. The maximum Gasteiger partial charge on any atom is 0.273 e. The van der Waals surface area contributed by atoms with Gasteiger partial charge in [-0.1, -0.05) is 6.07 Å². The zero-order valence-corrected chi connectivity index (χ0v) is 11.0. The predicted molar refractivity (Wildman–Crippen MR) is 72.3 cm³/mol. The Kier molecular flexibility index (Phi) is 4.52. The summed E-state index contributed by atoms with van der Waals surface area (Å²) < 4.78 is 5.43. The highest BCUT2D eigenvalue weighted by Crippen LogP contribution is 2.21. The van der Waals surface area contributed by atoms with Crippen LogP contribution in [0.15, 0.2) is 24.3 Å². The summed E-state index contributed by atoms with van der Waals surface area (Å²) >= 11 is 0. The Morgan fingerprint density at radius 2 is 2.30 bits per heavy atom. The molecule has 1 amide bonds. The number of carbonyl (C=O) groups excluding carboxylic acids is 1. The van der Waals surface area contributed by atoms with E-state index in [1.54, 1.807) is 12.1 Å². The quantitative estimate of drug-likeness (QED) is 0.544. The molecule has 0 aromatic heterocycles. The van der Waals surface area contributed by atoms with Gasteiger partial charge in [0.15, 0.2) is 0 Å². The summed E-state index contributed by atoms with van der Waals surface area (Å²) in [5, 5.41) is 13.8. The number of primary amides is 1. The Balaban J connectivity index is 1.83. The third-order valence-corrected chi connectivity index (χ3v) is 3.06. The van der Waals surface area contributed by atoms with Gasteiger partial charge in [-0.05, 0) is 18.9 Å². The first-order valence-electron chi connectivity index (χ1n) is 6.49. The van der Waals surface area contributed by atoms with Crippen LogP contribution in [0.3, 0.4) is 0 Å². The molecule has 108 valence electrons. The number of nitro benzene ring substituents is 1. The number of amides is 1. The van der Waals surface area contributed by atoms with E-state index in [2.05, 4.69) is 5.32 Å². The minimum atomic E-state index is -0.478.